The Morgan fingerprint density at radius 1 is 1.21 bits per heavy atom. The molecule has 7 nitrogen and oxygen atoms in total. The molecule has 0 aliphatic rings. The summed E-state index contributed by atoms with van der Waals surface area (Å²) in [5, 5.41) is 15.8. The number of hydrogen-bond donors (Lipinski definition) is 1. The molecular formula is C25H30ClFN4O3. The molecule has 2 aromatic carbocycles. The molecular weight excluding hydrogens is 459 g/mol. The van der Waals surface area contributed by atoms with Gasteiger partial charge in [-0.05, 0) is 54.3 Å². The lowest BCUT2D eigenvalue weighted by atomic mass is 9.92. The molecule has 34 heavy (non-hydrogen) atoms. The molecule has 0 bridgehead atoms. The van der Waals surface area contributed by atoms with E-state index in [0.29, 0.717) is 29.8 Å². The number of rotatable bonds is 10. The summed E-state index contributed by atoms with van der Waals surface area (Å²) < 4.78 is 14.5. The normalized spacial score (nSPS) is 12.0. The molecule has 2 rings (SSSR count). The predicted molar refractivity (Wildman–Crippen MR) is 136 cm³/mol. The smallest absolute Gasteiger partial charge is 0.215 e. The number of nitrogens with zero attached hydrogens (tertiary/aromatic N) is 4. The number of carbonyl (C=O) groups is 2. The number of aliphatic hydroxyl groups excluding tert-OH is 1. The van der Waals surface area contributed by atoms with Crippen LogP contribution in [0.3, 0.4) is 0 Å². The van der Waals surface area contributed by atoms with Crippen LogP contribution in [0.1, 0.15) is 36.7 Å². The Bertz CT molecular complexity index is 1070. The zero-order chi connectivity index (χ0) is 25.4. The Kier molecular flexibility index (Phi) is 9.77. The van der Waals surface area contributed by atoms with Crippen LogP contribution in [0.2, 0.25) is 5.02 Å². The molecule has 182 valence electrons. The number of anilines is 2. The minimum absolute atomic E-state index is 0.0191. The largest absolute Gasteiger partial charge is 0.388 e. The van der Waals surface area contributed by atoms with E-state index in [9.17, 15) is 19.1 Å². The van der Waals surface area contributed by atoms with E-state index in [1.807, 2.05) is 13.8 Å². The zero-order valence-electron chi connectivity index (χ0n) is 20.0. The number of para-hydroxylation sites is 1. The Balaban J connectivity index is 2.59. The fourth-order valence-electron chi connectivity index (χ4n) is 3.46. The molecule has 2 aromatic rings. The second-order valence-corrected chi connectivity index (χ2v) is 8.31. The van der Waals surface area contributed by atoms with Crippen molar-refractivity contribution >= 4 is 47.1 Å². The average molecular weight is 489 g/mol. The van der Waals surface area contributed by atoms with Gasteiger partial charge in [0.15, 0.2) is 12.1 Å². The molecule has 0 aliphatic heterocycles. The van der Waals surface area contributed by atoms with Gasteiger partial charge in [0, 0.05) is 32.4 Å². The third-order valence-electron chi connectivity index (χ3n) is 5.30. The summed E-state index contributed by atoms with van der Waals surface area (Å²) >= 11 is 6.23. The van der Waals surface area contributed by atoms with Crippen LogP contribution in [0.4, 0.5) is 15.8 Å². The topological polar surface area (TPSA) is 76.5 Å². The summed E-state index contributed by atoms with van der Waals surface area (Å²) in [6.07, 6.45) is 3.13. The standard InChI is InChI=1S/C25H30ClFN4O3/c1-6-31(16-34)24(15-33)28-30(5)19-11-10-18(14-32)20(12-19)21(17(2)3)13-29(4)25-22(26)8-7-9-23(25)27/h7-14,16-17,33H,6,15H2,1-5H3/b21-13-,28-24-. The van der Waals surface area contributed by atoms with Crippen LogP contribution < -0.4 is 9.91 Å². The molecule has 0 saturated heterocycles. The van der Waals surface area contributed by atoms with Crippen LogP contribution in [-0.4, -0.2) is 55.8 Å². The number of aliphatic hydroxyl groups is 1. The molecule has 0 heterocycles. The molecule has 0 spiro atoms. The Morgan fingerprint density at radius 3 is 2.44 bits per heavy atom. The van der Waals surface area contributed by atoms with Crippen LogP contribution >= 0.6 is 11.6 Å². The summed E-state index contributed by atoms with van der Waals surface area (Å²) in [5.74, 6) is -0.288. The van der Waals surface area contributed by atoms with Crippen molar-refractivity contribution in [3.05, 3.63) is 64.6 Å². The van der Waals surface area contributed by atoms with Gasteiger partial charge in [0.1, 0.15) is 12.4 Å². The fraction of sp³-hybridized carbons (Fsp3) is 0.320. The van der Waals surface area contributed by atoms with Gasteiger partial charge in [0.2, 0.25) is 6.41 Å². The minimum atomic E-state index is -0.458. The highest BCUT2D eigenvalue weighted by atomic mass is 35.5. The van der Waals surface area contributed by atoms with Crippen molar-refractivity contribution in [1.82, 2.24) is 4.90 Å². The van der Waals surface area contributed by atoms with Gasteiger partial charge in [-0.25, -0.2) is 4.39 Å². The average Bonchev–Trinajstić information content (AvgIpc) is 2.81. The molecule has 0 unspecified atom stereocenters. The number of amides is 1. The van der Waals surface area contributed by atoms with Crippen molar-refractivity contribution in [3.8, 4) is 0 Å². The van der Waals surface area contributed by atoms with E-state index < -0.39 is 12.4 Å². The molecule has 1 N–H and O–H groups in total. The quantitative estimate of drug-likeness (QED) is 0.228. The Hall–Kier alpha value is -3.23. The highest BCUT2D eigenvalue weighted by Crippen LogP contribution is 2.33. The maximum Gasteiger partial charge on any atom is 0.215 e. The third-order valence-corrected chi connectivity index (χ3v) is 5.60. The lowest BCUT2D eigenvalue weighted by Crippen LogP contribution is -2.34. The fourth-order valence-corrected chi connectivity index (χ4v) is 3.75. The molecule has 0 saturated carbocycles. The maximum absolute atomic E-state index is 14.5. The molecule has 0 fully saturated rings. The minimum Gasteiger partial charge on any atom is -0.388 e. The number of amidine groups is 1. The van der Waals surface area contributed by atoms with Gasteiger partial charge in [-0.15, -0.1) is 0 Å². The summed E-state index contributed by atoms with van der Waals surface area (Å²) in [6, 6.07) is 9.67. The van der Waals surface area contributed by atoms with Crippen LogP contribution in [-0.2, 0) is 4.79 Å². The van der Waals surface area contributed by atoms with Gasteiger partial charge in [-0.2, -0.15) is 5.10 Å². The number of allylic oxidation sites excluding steroid dienone is 1. The van der Waals surface area contributed by atoms with E-state index in [4.69, 9.17) is 11.6 Å². The van der Waals surface area contributed by atoms with Gasteiger partial charge >= 0.3 is 0 Å². The second kappa shape index (κ2) is 12.3. The van der Waals surface area contributed by atoms with Crippen LogP contribution in [0.5, 0.6) is 0 Å². The van der Waals surface area contributed by atoms with Gasteiger partial charge in [0.25, 0.3) is 0 Å². The number of likely N-dealkylation sites (N-methyl/N-ethyl adjacent to an activating group) is 1. The third kappa shape index (κ3) is 6.21. The van der Waals surface area contributed by atoms with Crippen molar-refractivity contribution in [2.75, 3.05) is 37.2 Å². The van der Waals surface area contributed by atoms with Gasteiger partial charge in [0.05, 0.1) is 16.4 Å². The monoisotopic (exact) mass is 488 g/mol. The van der Waals surface area contributed by atoms with Crippen LogP contribution in [0, 0.1) is 11.7 Å². The Morgan fingerprint density at radius 2 is 1.91 bits per heavy atom. The van der Waals surface area contributed by atoms with E-state index in [-0.39, 0.29) is 22.5 Å². The number of aldehydes is 1. The molecule has 9 heteroatoms. The first-order chi connectivity index (χ1) is 16.2. The van der Waals surface area contributed by atoms with Crippen LogP contribution in [0.15, 0.2) is 47.7 Å². The summed E-state index contributed by atoms with van der Waals surface area (Å²) in [4.78, 5) is 26.0. The van der Waals surface area contributed by atoms with E-state index >= 15 is 0 Å². The summed E-state index contributed by atoms with van der Waals surface area (Å²) in [5.41, 5.74) is 2.76. The van der Waals surface area contributed by atoms with E-state index in [1.165, 1.54) is 22.0 Å². The summed E-state index contributed by atoms with van der Waals surface area (Å²) in [7, 11) is 3.37. The lowest BCUT2D eigenvalue weighted by molar-refractivity contribution is -0.114. The van der Waals surface area contributed by atoms with Crippen molar-refractivity contribution in [1.29, 1.82) is 0 Å². The number of halogens is 2. The molecule has 0 atom stereocenters. The van der Waals surface area contributed by atoms with Crippen molar-refractivity contribution in [3.63, 3.8) is 0 Å². The maximum atomic E-state index is 14.5. The van der Waals surface area contributed by atoms with Gasteiger partial charge in [-0.1, -0.05) is 31.5 Å². The zero-order valence-corrected chi connectivity index (χ0v) is 20.8. The number of benzene rings is 2. The van der Waals surface area contributed by atoms with E-state index in [1.54, 1.807) is 56.4 Å². The predicted octanol–water partition coefficient (Wildman–Crippen LogP) is 4.65. The van der Waals surface area contributed by atoms with Crippen molar-refractivity contribution in [2.45, 2.75) is 20.8 Å². The van der Waals surface area contributed by atoms with E-state index in [2.05, 4.69) is 5.10 Å². The SMILES string of the molecule is CCN(C=O)/C(CO)=N\N(C)c1ccc(C=O)c(/C(=C\N(C)c2c(F)cccc2Cl)C(C)C)c1. The summed E-state index contributed by atoms with van der Waals surface area (Å²) in [6.45, 7) is 5.66. The Labute approximate surface area is 204 Å². The first kappa shape index (κ1) is 27.0. The second-order valence-electron chi connectivity index (χ2n) is 7.90. The van der Waals surface area contributed by atoms with E-state index in [0.717, 1.165) is 11.9 Å². The molecule has 1 amide bonds. The number of carbonyl (C=O) groups excluding carboxylic acids is 2. The van der Waals surface area contributed by atoms with Crippen molar-refractivity contribution < 1.29 is 19.1 Å². The first-order valence-corrected chi connectivity index (χ1v) is 11.2. The highest BCUT2D eigenvalue weighted by Gasteiger charge is 2.18. The molecule has 0 aliphatic carbocycles. The molecule has 0 radical (unpaired) electrons. The first-order valence-electron chi connectivity index (χ1n) is 10.8. The number of hydrogen-bond acceptors (Lipinski definition) is 6. The van der Waals surface area contributed by atoms with Gasteiger partial charge in [-0.3, -0.25) is 19.5 Å². The van der Waals surface area contributed by atoms with Crippen LogP contribution in [0.25, 0.3) is 5.57 Å². The molecule has 0 aromatic heterocycles. The highest BCUT2D eigenvalue weighted by molar-refractivity contribution is 6.33. The van der Waals surface area contributed by atoms with Gasteiger partial charge < -0.3 is 10.0 Å². The van der Waals surface area contributed by atoms with Crippen molar-refractivity contribution in [2.24, 2.45) is 11.0 Å². The lowest BCUT2D eigenvalue weighted by Gasteiger charge is -2.24. The number of hydrazone groups is 1.